The first-order valence-corrected chi connectivity index (χ1v) is 13.5. The number of hydrogen-bond acceptors (Lipinski definition) is 6. The summed E-state index contributed by atoms with van der Waals surface area (Å²) in [6.07, 6.45) is 4.35. The molecule has 1 aliphatic rings. The molecule has 1 heterocycles. The summed E-state index contributed by atoms with van der Waals surface area (Å²) in [5.74, 6) is 3.28. The molecular weight excluding hydrogens is 523 g/mol. The topological polar surface area (TPSA) is 55.4 Å². The molecule has 200 valence electrons. The Bertz CT molecular complexity index is 934. The number of rotatable bonds is 11. The Balaban J connectivity index is 0.000000281. The SMILES string of the molecule is CCCCOc1ccc(OC)cc1B1OC(C)(C)C(C)(C)O1.CCCCOc1ccc(OC)cc1Br. The van der Waals surface area contributed by atoms with E-state index in [1.165, 1.54) is 0 Å². The van der Waals surface area contributed by atoms with Crippen LogP contribution in [0.15, 0.2) is 40.9 Å². The van der Waals surface area contributed by atoms with Crippen molar-refractivity contribution in [2.75, 3.05) is 27.4 Å². The Morgan fingerprint density at radius 3 is 1.69 bits per heavy atom. The van der Waals surface area contributed by atoms with Crippen molar-refractivity contribution in [1.29, 1.82) is 0 Å². The second-order valence-electron chi connectivity index (χ2n) is 9.69. The average molecular weight is 565 g/mol. The van der Waals surface area contributed by atoms with Crippen molar-refractivity contribution in [2.45, 2.75) is 78.4 Å². The molecular formula is C28H42BBrO6. The van der Waals surface area contributed by atoms with Crippen molar-refractivity contribution in [2.24, 2.45) is 0 Å². The van der Waals surface area contributed by atoms with E-state index in [2.05, 4.69) is 29.8 Å². The lowest BCUT2D eigenvalue weighted by Crippen LogP contribution is -2.41. The Labute approximate surface area is 226 Å². The predicted octanol–water partition coefficient (Wildman–Crippen LogP) is 6.81. The maximum Gasteiger partial charge on any atom is 0.498 e. The molecule has 0 atom stereocenters. The van der Waals surface area contributed by atoms with E-state index in [-0.39, 0.29) is 11.2 Å². The van der Waals surface area contributed by atoms with Crippen LogP contribution in [-0.4, -0.2) is 45.8 Å². The van der Waals surface area contributed by atoms with Crippen LogP contribution in [0.2, 0.25) is 0 Å². The largest absolute Gasteiger partial charge is 0.498 e. The van der Waals surface area contributed by atoms with Crippen molar-refractivity contribution in [3.8, 4) is 23.0 Å². The first kappa shape index (κ1) is 30.3. The molecule has 0 spiro atoms. The highest BCUT2D eigenvalue weighted by Gasteiger charge is 2.52. The molecule has 0 unspecified atom stereocenters. The van der Waals surface area contributed by atoms with Crippen molar-refractivity contribution in [1.82, 2.24) is 0 Å². The Hall–Kier alpha value is -1.90. The van der Waals surface area contributed by atoms with Gasteiger partial charge in [-0.25, -0.2) is 0 Å². The van der Waals surface area contributed by atoms with Gasteiger partial charge in [0.15, 0.2) is 0 Å². The molecule has 1 saturated heterocycles. The van der Waals surface area contributed by atoms with Crippen LogP contribution in [0, 0.1) is 0 Å². The van der Waals surface area contributed by atoms with Gasteiger partial charge in [0.1, 0.15) is 23.0 Å². The molecule has 1 aliphatic heterocycles. The van der Waals surface area contributed by atoms with Crippen LogP contribution in [0.3, 0.4) is 0 Å². The standard InChI is InChI=1S/C17H27BO4.C11H15BrO2/c1-7-8-11-20-15-10-9-13(19-6)12-14(15)18-21-16(2,3)17(4,5)22-18;1-3-4-7-14-11-6-5-9(13-2)8-10(11)12/h9-10,12H,7-8,11H2,1-6H3;5-6,8H,3-4,7H2,1-2H3. The van der Waals surface area contributed by atoms with E-state index < -0.39 is 7.12 Å². The first-order valence-electron chi connectivity index (χ1n) is 12.7. The van der Waals surface area contributed by atoms with E-state index in [9.17, 15) is 0 Å². The molecule has 0 radical (unpaired) electrons. The molecule has 8 heteroatoms. The van der Waals surface area contributed by atoms with E-state index in [1.807, 2.05) is 64.1 Å². The minimum absolute atomic E-state index is 0.374. The maximum absolute atomic E-state index is 6.14. The lowest BCUT2D eigenvalue weighted by molar-refractivity contribution is 0.00578. The lowest BCUT2D eigenvalue weighted by atomic mass is 9.78. The van der Waals surface area contributed by atoms with Crippen LogP contribution >= 0.6 is 15.9 Å². The van der Waals surface area contributed by atoms with E-state index in [0.29, 0.717) is 6.61 Å². The van der Waals surface area contributed by atoms with Crippen LogP contribution in [0.5, 0.6) is 23.0 Å². The molecule has 1 fully saturated rings. The number of methoxy groups -OCH3 is 2. The van der Waals surface area contributed by atoms with Gasteiger partial charge in [-0.3, -0.25) is 0 Å². The van der Waals surface area contributed by atoms with Crippen LogP contribution in [0.25, 0.3) is 0 Å². The Kier molecular flexibility index (Phi) is 11.9. The summed E-state index contributed by atoms with van der Waals surface area (Å²) in [6.45, 7) is 13.9. The highest BCUT2D eigenvalue weighted by Crippen LogP contribution is 2.37. The second-order valence-corrected chi connectivity index (χ2v) is 10.5. The summed E-state index contributed by atoms with van der Waals surface area (Å²) in [5.41, 5.74) is 0.136. The molecule has 0 N–H and O–H groups in total. The molecule has 2 aromatic rings. The fourth-order valence-corrected chi connectivity index (χ4v) is 3.79. The molecule has 6 nitrogen and oxygen atoms in total. The van der Waals surface area contributed by atoms with Gasteiger partial charge in [-0.05, 0) is 92.9 Å². The Morgan fingerprint density at radius 2 is 1.22 bits per heavy atom. The third-order valence-electron chi connectivity index (χ3n) is 6.37. The summed E-state index contributed by atoms with van der Waals surface area (Å²) in [7, 11) is 2.86. The maximum atomic E-state index is 6.14. The summed E-state index contributed by atoms with van der Waals surface area (Å²) in [6, 6.07) is 11.5. The summed E-state index contributed by atoms with van der Waals surface area (Å²) in [4.78, 5) is 0. The predicted molar refractivity (Wildman–Crippen MR) is 150 cm³/mol. The third kappa shape index (κ3) is 8.32. The molecule has 2 aromatic carbocycles. The molecule has 0 saturated carbocycles. The fourth-order valence-electron chi connectivity index (χ4n) is 3.32. The average Bonchev–Trinajstić information content (AvgIpc) is 3.07. The van der Waals surface area contributed by atoms with Gasteiger partial charge in [0.25, 0.3) is 0 Å². The molecule has 3 rings (SSSR count). The van der Waals surface area contributed by atoms with Crippen LogP contribution in [-0.2, 0) is 9.31 Å². The minimum atomic E-state index is -0.447. The van der Waals surface area contributed by atoms with E-state index in [4.69, 9.17) is 28.3 Å². The quantitative estimate of drug-likeness (QED) is 0.221. The van der Waals surface area contributed by atoms with Gasteiger partial charge >= 0.3 is 7.12 Å². The van der Waals surface area contributed by atoms with E-state index in [1.54, 1.807) is 14.2 Å². The highest BCUT2D eigenvalue weighted by atomic mass is 79.9. The highest BCUT2D eigenvalue weighted by molar-refractivity contribution is 9.10. The van der Waals surface area contributed by atoms with Crippen LogP contribution < -0.4 is 24.4 Å². The second kappa shape index (κ2) is 14.2. The van der Waals surface area contributed by atoms with Crippen molar-refractivity contribution >= 4 is 28.5 Å². The third-order valence-corrected chi connectivity index (χ3v) is 6.99. The number of unbranched alkanes of at least 4 members (excludes halogenated alkanes) is 2. The van der Waals surface area contributed by atoms with Crippen molar-refractivity contribution < 1.29 is 28.3 Å². The van der Waals surface area contributed by atoms with Crippen LogP contribution in [0.4, 0.5) is 0 Å². The van der Waals surface area contributed by atoms with E-state index >= 15 is 0 Å². The number of halogens is 1. The van der Waals surface area contributed by atoms with Gasteiger partial charge in [-0.2, -0.15) is 0 Å². The summed E-state index contributed by atoms with van der Waals surface area (Å²) < 4.78 is 35.1. The van der Waals surface area contributed by atoms with Gasteiger partial charge < -0.3 is 28.3 Å². The lowest BCUT2D eigenvalue weighted by Gasteiger charge is -2.32. The van der Waals surface area contributed by atoms with Gasteiger partial charge in [-0.15, -0.1) is 0 Å². The molecule has 0 aliphatic carbocycles. The molecule has 0 amide bonds. The van der Waals surface area contributed by atoms with Gasteiger partial charge in [0.2, 0.25) is 0 Å². The van der Waals surface area contributed by atoms with Gasteiger partial charge in [0.05, 0.1) is 43.1 Å². The normalized spacial score (nSPS) is 15.6. The summed E-state index contributed by atoms with van der Waals surface area (Å²) in [5, 5.41) is 0. The van der Waals surface area contributed by atoms with Gasteiger partial charge in [0, 0.05) is 5.46 Å². The molecule has 36 heavy (non-hydrogen) atoms. The number of ether oxygens (including phenoxy) is 4. The zero-order valence-corrected chi connectivity index (χ0v) is 24.7. The smallest absolute Gasteiger partial charge is 0.497 e. The van der Waals surface area contributed by atoms with Crippen LogP contribution in [0.1, 0.15) is 67.2 Å². The molecule has 0 bridgehead atoms. The van der Waals surface area contributed by atoms with E-state index in [0.717, 1.165) is 65.2 Å². The van der Waals surface area contributed by atoms with Crippen molar-refractivity contribution in [3.63, 3.8) is 0 Å². The monoisotopic (exact) mass is 564 g/mol. The molecule has 0 aromatic heterocycles. The number of hydrogen-bond donors (Lipinski definition) is 0. The van der Waals surface area contributed by atoms with Gasteiger partial charge in [-0.1, -0.05) is 26.7 Å². The van der Waals surface area contributed by atoms with Crippen molar-refractivity contribution in [3.05, 3.63) is 40.9 Å². The minimum Gasteiger partial charge on any atom is -0.497 e. The number of benzene rings is 2. The summed E-state index contributed by atoms with van der Waals surface area (Å²) >= 11 is 3.44. The Morgan fingerprint density at radius 1 is 0.750 bits per heavy atom. The zero-order valence-electron chi connectivity index (χ0n) is 23.1. The fraction of sp³-hybridized carbons (Fsp3) is 0.571. The zero-order chi connectivity index (χ0) is 26.8. The first-order chi connectivity index (χ1) is 17.1.